The summed E-state index contributed by atoms with van der Waals surface area (Å²) in [5, 5.41) is 0. The molecular weight excluding hydrogens is 405 g/mol. The monoisotopic (exact) mass is 423 g/mol. The van der Waals surface area contributed by atoms with E-state index in [1.807, 2.05) is 30.3 Å². The molecule has 5 nitrogen and oxygen atoms in total. The first kappa shape index (κ1) is 19.8. The van der Waals surface area contributed by atoms with Crippen LogP contribution >= 0.6 is 0 Å². The molecule has 0 aliphatic heterocycles. The van der Waals surface area contributed by atoms with Crippen molar-refractivity contribution in [2.24, 2.45) is 0 Å². The van der Waals surface area contributed by atoms with Gasteiger partial charge in [-0.1, -0.05) is 36.4 Å². The van der Waals surface area contributed by atoms with Crippen molar-refractivity contribution < 1.29 is 22.0 Å². The summed E-state index contributed by atoms with van der Waals surface area (Å²) in [7, 11) is -3.30. The number of sulfone groups is 1. The number of rotatable bonds is 6. The molecule has 0 atom stereocenters. The van der Waals surface area contributed by atoms with E-state index in [1.54, 1.807) is 24.3 Å². The molecule has 7 heteroatoms. The Hall–Kier alpha value is -3.45. The quantitative estimate of drug-likeness (QED) is 0.430. The highest BCUT2D eigenvalue weighted by Crippen LogP contribution is 2.33. The van der Waals surface area contributed by atoms with Gasteiger partial charge in [0.1, 0.15) is 17.3 Å². The van der Waals surface area contributed by atoms with E-state index in [1.165, 1.54) is 24.3 Å². The second-order valence-electron chi connectivity index (χ2n) is 6.69. The number of hydrogen-bond acceptors (Lipinski definition) is 5. The van der Waals surface area contributed by atoms with Crippen molar-refractivity contribution in [2.45, 2.75) is 11.5 Å². The molecule has 0 aliphatic carbocycles. The SMILES string of the molecule is CS(=O)(=O)c1ccc(-c2oc(COc3cccc(F)c3)nc2-c2ccccc2)cc1. The van der Waals surface area contributed by atoms with E-state index in [-0.39, 0.29) is 11.5 Å². The van der Waals surface area contributed by atoms with Gasteiger partial charge in [-0.05, 0) is 36.4 Å². The second kappa shape index (κ2) is 8.12. The summed E-state index contributed by atoms with van der Waals surface area (Å²) in [6.45, 7) is 0.0186. The maximum Gasteiger partial charge on any atom is 0.233 e. The Morgan fingerprint density at radius 1 is 0.933 bits per heavy atom. The molecule has 0 saturated heterocycles. The topological polar surface area (TPSA) is 69.4 Å². The van der Waals surface area contributed by atoms with Gasteiger partial charge in [0, 0.05) is 23.4 Å². The van der Waals surface area contributed by atoms with Gasteiger partial charge in [-0.3, -0.25) is 0 Å². The van der Waals surface area contributed by atoms with Crippen LogP contribution in [0.4, 0.5) is 4.39 Å². The van der Waals surface area contributed by atoms with Crippen LogP contribution in [-0.4, -0.2) is 19.7 Å². The molecule has 4 rings (SSSR count). The molecule has 0 unspecified atom stereocenters. The summed E-state index contributed by atoms with van der Waals surface area (Å²) in [6.07, 6.45) is 1.16. The van der Waals surface area contributed by atoms with Crippen molar-refractivity contribution in [1.29, 1.82) is 0 Å². The third-order valence-electron chi connectivity index (χ3n) is 4.42. The average molecular weight is 423 g/mol. The number of oxazole rings is 1. The minimum Gasteiger partial charge on any atom is -0.484 e. The van der Waals surface area contributed by atoms with Gasteiger partial charge in [0.05, 0.1) is 4.90 Å². The first-order valence-corrected chi connectivity index (χ1v) is 11.0. The maximum absolute atomic E-state index is 13.4. The van der Waals surface area contributed by atoms with Gasteiger partial charge < -0.3 is 9.15 Å². The first-order valence-electron chi connectivity index (χ1n) is 9.14. The van der Waals surface area contributed by atoms with Crippen LogP contribution in [0.25, 0.3) is 22.6 Å². The van der Waals surface area contributed by atoms with Gasteiger partial charge in [-0.25, -0.2) is 17.8 Å². The number of benzene rings is 3. The van der Waals surface area contributed by atoms with E-state index in [0.717, 1.165) is 11.8 Å². The van der Waals surface area contributed by atoms with E-state index < -0.39 is 15.7 Å². The van der Waals surface area contributed by atoms with Gasteiger partial charge in [-0.2, -0.15) is 0 Å². The molecule has 4 aromatic rings. The molecule has 0 N–H and O–H groups in total. The van der Waals surface area contributed by atoms with E-state index in [2.05, 4.69) is 4.98 Å². The van der Waals surface area contributed by atoms with Crippen molar-refractivity contribution in [3.63, 3.8) is 0 Å². The van der Waals surface area contributed by atoms with Gasteiger partial charge in [-0.15, -0.1) is 0 Å². The highest BCUT2D eigenvalue weighted by molar-refractivity contribution is 7.90. The summed E-state index contributed by atoms with van der Waals surface area (Å²) in [6, 6.07) is 21.8. The summed E-state index contributed by atoms with van der Waals surface area (Å²) >= 11 is 0. The minimum absolute atomic E-state index is 0.0186. The maximum atomic E-state index is 13.4. The van der Waals surface area contributed by atoms with Crippen molar-refractivity contribution >= 4 is 9.84 Å². The standard InChI is InChI=1S/C23H18FNO4S/c1-30(26,27)20-12-10-17(11-13-20)23-22(16-6-3-2-4-7-16)25-21(29-23)15-28-19-9-5-8-18(24)14-19/h2-14H,15H2,1H3. The van der Waals surface area contributed by atoms with Gasteiger partial charge in [0.15, 0.2) is 22.2 Å². The Morgan fingerprint density at radius 2 is 1.67 bits per heavy atom. The molecule has 0 saturated carbocycles. The largest absolute Gasteiger partial charge is 0.484 e. The van der Waals surface area contributed by atoms with Crippen molar-refractivity contribution in [1.82, 2.24) is 4.98 Å². The number of nitrogens with zero attached hydrogens (tertiary/aromatic N) is 1. The Kier molecular flexibility index (Phi) is 5.37. The number of aromatic nitrogens is 1. The van der Waals surface area contributed by atoms with Crippen LogP contribution in [0.15, 0.2) is 88.2 Å². The fourth-order valence-electron chi connectivity index (χ4n) is 2.97. The lowest BCUT2D eigenvalue weighted by molar-refractivity contribution is 0.263. The van der Waals surface area contributed by atoms with Crippen molar-refractivity contribution in [2.75, 3.05) is 6.26 Å². The molecular formula is C23H18FNO4S. The summed E-state index contributed by atoms with van der Waals surface area (Å²) in [5.74, 6) is 0.796. The first-order chi connectivity index (χ1) is 14.4. The zero-order valence-corrected chi connectivity index (χ0v) is 16.9. The second-order valence-corrected chi connectivity index (χ2v) is 8.71. The normalized spacial score (nSPS) is 11.4. The predicted molar refractivity (Wildman–Crippen MR) is 111 cm³/mol. The van der Waals surface area contributed by atoms with Gasteiger partial charge in [0.2, 0.25) is 5.89 Å². The number of halogens is 1. The van der Waals surface area contributed by atoms with Crippen molar-refractivity contribution in [3.05, 3.63) is 90.6 Å². The van der Waals surface area contributed by atoms with Gasteiger partial charge in [0.25, 0.3) is 0 Å². The summed E-state index contributed by atoms with van der Waals surface area (Å²) in [4.78, 5) is 4.79. The molecule has 0 fully saturated rings. The third kappa shape index (κ3) is 4.41. The van der Waals surface area contributed by atoms with E-state index in [4.69, 9.17) is 9.15 Å². The Bertz CT molecular complexity index is 1270. The molecule has 0 aliphatic rings. The molecule has 152 valence electrons. The summed E-state index contributed by atoms with van der Waals surface area (Å²) in [5.41, 5.74) is 2.15. The van der Waals surface area contributed by atoms with Crippen LogP contribution in [0.5, 0.6) is 5.75 Å². The molecule has 30 heavy (non-hydrogen) atoms. The molecule has 0 bridgehead atoms. The highest BCUT2D eigenvalue weighted by atomic mass is 32.2. The van der Waals surface area contributed by atoms with Crippen LogP contribution in [0, 0.1) is 5.82 Å². The van der Waals surface area contributed by atoms with Crippen molar-refractivity contribution in [3.8, 4) is 28.3 Å². The Labute approximate surface area is 173 Å². The van der Waals surface area contributed by atoms with Crippen LogP contribution in [0.3, 0.4) is 0 Å². The third-order valence-corrected chi connectivity index (χ3v) is 5.55. The lowest BCUT2D eigenvalue weighted by Crippen LogP contribution is -1.96. The lowest BCUT2D eigenvalue weighted by Gasteiger charge is -2.03. The molecule has 0 radical (unpaired) electrons. The molecule has 3 aromatic carbocycles. The predicted octanol–water partition coefficient (Wildman–Crippen LogP) is 5.13. The van der Waals surface area contributed by atoms with E-state index >= 15 is 0 Å². The number of hydrogen-bond donors (Lipinski definition) is 0. The van der Waals surface area contributed by atoms with Crippen LogP contribution in [0.1, 0.15) is 5.89 Å². The molecule has 0 amide bonds. The van der Waals surface area contributed by atoms with Crippen LogP contribution in [-0.2, 0) is 16.4 Å². The minimum atomic E-state index is -3.30. The highest BCUT2D eigenvalue weighted by Gasteiger charge is 2.18. The molecule has 1 aromatic heterocycles. The van der Waals surface area contributed by atoms with Crippen LogP contribution in [0.2, 0.25) is 0 Å². The zero-order valence-electron chi connectivity index (χ0n) is 16.1. The average Bonchev–Trinajstić information content (AvgIpc) is 3.17. The smallest absolute Gasteiger partial charge is 0.233 e. The number of ether oxygens (including phenoxy) is 1. The Morgan fingerprint density at radius 3 is 2.33 bits per heavy atom. The van der Waals surface area contributed by atoms with Crippen LogP contribution < -0.4 is 4.74 Å². The molecule has 1 heterocycles. The fourth-order valence-corrected chi connectivity index (χ4v) is 3.60. The zero-order chi connectivity index (χ0) is 21.1. The van der Waals surface area contributed by atoms with E-state index in [9.17, 15) is 12.8 Å². The summed E-state index contributed by atoms with van der Waals surface area (Å²) < 4.78 is 48.4. The fraction of sp³-hybridized carbons (Fsp3) is 0.0870. The lowest BCUT2D eigenvalue weighted by atomic mass is 10.1. The molecule has 0 spiro atoms. The Balaban J connectivity index is 1.69. The van der Waals surface area contributed by atoms with Gasteiger partial charge >= 0.3 is 0 Å². The van der Waals surface area contributed by atoms with E-state index in [0.29, 0.717) is 28.7 Å².